The number of hydrogen-bond donors (Lipinski definition) is 2. The third-order valence-corrected chi connectivity index (χ3v) is 5.58. The van der Waals surface area contributed by atoms with Crippen molar-refractivity contribution in [3.05, 3.63) is 65.0 Å². The van der Waals surface area contributed by atoms with Crippen LogP contribution in [0.4, 0.5) is 24.0 Å². The van der Waals surface area contributed by atoms with E-state index in [1.807, 2.05) is 0 Å². The molecule has 1 aromatic heterocycles. The maximum Gasteiger partial charge on any atom is 0.416 e. The van der Waals surface area contributed by atoms with E-state index in [0.29, 0.717) is 35.5 Å². The number of alkyl halides is 3. The van der Waals surface area contributed by atoms with E-state index in [0.717, 1.165) is 29.9 Å². The zero-order valence-electron chi connectivity index (χ0n) is 16.6. The Bertz CT molecular complexity index is 1140. The largest absolute Gasteiger partial charge is 0.416 e. The number of halogens is 3. The Balaban J connectivity index is 1.44. The number of carbonyl (C=O) groups excluding carboxylic acids is 2. The van der Waals surface area contributed by atoms with Crippen molar-refractivity contribution < 1.29 is 27.5 Å². The minimum absolute atomic E-state index is 0.246. The van der Waals surface area contributed by atoms with Gasteiger partial charge < -0.3 is 10.1 Å². The van der Waals surface area contributed by atoms with Gasteiger partial charge in [0.05, 0.1) is 11.3 Å². The summed E-state index contributed by atoms with van der Waals surface area (Å²) < 4.78 is 44.2. The molecular formula is C22H18F3N3O3S. The van der Waals surface area contributed by atoms with E-state index >= 15 is 0 Å². The molecule has 166 valence electrons. The molecule has 1 unspecified atom stereocenters. The highest BCUT2D eigenvalue weighted by Crippen LogP contribution is 2.33. The van der Waals surface area contributed by atoms with E-state index in [1.54, 1.807) is 23.6 Å². The van der Waals surface area contributed by atoms with Crippen LogP contribution in [0.1, 0.15) is 28.8 Å². The molecule has 4 rings (SSSR count). The van der Waals surface area contributed by atoms with Crippen LogP contribution in [-0.2, 0) is 15.7 Å². The molecule has 3 aromatic rings. The van der Waals surface area contributed by atoms with E-state index in [4.69, 9.17) is 4.74 Å². The molecule has 2 aromatic carbocycles. The second-order valence-corrected chi connectivity index (χ2v) is 8.00. The highest BCUT2D eigenvalue weighted by atomic mass is 32.1. The number of thiazole rings is 1. The monoisotopic (exact) mass is 461 g/mol. The lowest BCUT2D eigenvalue weighted by atomic mass is 10.1. The maximum atomic E-state index is 12.9. The molecule has 1 atom stereocenters. The van der Waals surface area contributed by atoms with Gasteiger partial charge in [0.2, 0.25) is 0 Å². The van der Waals surface area contributed by atoms with Crippen molar-refractivity contribution in [1.82, 2.24) is 4.98 Å². The molecule has 10 heteroatoms. The highest BCUT2D eigenvalue weighted by molar-refractivity contribution is 7.14. The number of hydrogen-bond acceptors (Lipinski definition) is 5. The van der Waals surface area contributed by atoms with Gasteiger partial charge in [0.15, 0.2) is 5.13 Å². The molecule has 0 radical (unpaired) electrons. The number of aromatic nitrogens is 1. The molecule has 1 aliphatic heterocycles. The molecule has 1 saturated heterocycles. The summed E-state index contributed by atoms with van der Waals surface area (Å²) in [6, 6.07) is 11.3. The normalized spacial score (nSPS) is 16.0. The Labute approximate surface area is 185 Å². The van der Waals surface area contributed by atoms with Crippen LogP contribution in [0.2, 0.25) is 0 Å². The molecule has 32 heavy (non-hydrogen) atoms. The van der Waals surface area contributed by atoms with Gasteiger partial charge in [0.25, 0.3) is 11.8 Å². The zero-order valence-corrected chi connectivity index (χ0v) is 17.4. The Morgan fingerprint density at radius 2 is 1.91 bits per heavy atom. The molecule has 0 saturated carbocycles. The van der Waals surface area contributed by atoms with Crippen molar-refractivity contribution in [3.63, 3.8) is 0 Å². The predicted octanol–water partition coefficient (Wildman–Crippen LogP) is 5.20. The lowest BCUT2D eigenvalue weighted by Gasteiger charge is -2.11. The summed E-state index contributed by atoms with van der Waals surface area (Å²) in [4.78, 5) is 29.0. The first-order valence-electron chi connectivity index (χ1n) is 9.76. The Hall–Kier alpha value is -3.24. The average molecular weight is 461 g/mol. The number of amides is 2. The fourth-order valence-electron chi connectivity index (χ4n) is 3.23. The first-order valence-corrected chi connectivity index (χ1v) is 10.6. The number of carbonyl (C=O) groups is 2. The van der Waals surface area contributed by atoms with Crippen LogP contribution in [0.5, 0.6) is 0 Å². The van der Waals surface area contributed by atoms with Crippen molar-refractivity contribution in [1.29, 1.82) is 0 Å². The van der Waals surface area contributed by atoms with Crippen LogP contribution < -0.4 is 10.6 Å². The average Bonchev–Trinajstić information content (AvgIpc) is 3.46. The summed E-state index contributed by atoms with van der Waals surface area (Å²) >= 11 is 1.10. The number of benzene rings is 2. The first kappa shape index (κ1) is 22.0. The molecule has 0 aliphatic carbocycles. The van der Waals surface area contributed by atoms with E-state index in [2.05, 4.69) is 15.6 Å². The minimum atomic E-state index is -4.45. The SMILES string of the molecule is O=C(Nc1nc(-c2cccc(C(F)(F)F)c2)cs1)c1cccc(NC(=O)C2CCCO2)c1. The van der Waals surface area contributed by atoms with Crippen LogP contribution in [0.3, 0.4) is 0 Å². The summed E-state index contributed by atoms with van der Waals surface area (Å²) in [5.74, 6) is -0.714. The summed E-state index contributed by atoms with van der Waals surface area (Å²) in [7, 11) is 0. The standard InChI is InChI=1S/C22H18F3N3O3S/c23-22(24,25)15-6-1-4-13(10-15)17-12-32-21(27-17)28-19(29)14-5-2-7-16(11-14)26-20(30)18-8-3-9-31-18/h1-2,4-7,10-12,18H,3,8-9H2,(H,26,30)(H,27,28,29). The lowest BCUT2D eigenvalue weighted by Crippen LogP contribution is -2.27. The summed E-state index contributed by atoms with van der Waals surface area (Å²) in [6.07, 6.45) is -3.45. The van der Waals surface area contributed by atoms with Crippen LogP contribution >= 0.6 is 11.3 Å². The third kappa shape index (κ3) is 5.14. The quantitative estimate of drug-likeness (QED) is 0.548. The molecule has 0 bridgehead atoms. The van der Waals surface area contributed by atoms with Gasteiger partial charge >= 0.3 is 6.18 Å². The Kier molecular flexibility index (Phi) is 6.24. The van der Waals surface area contributed by atoms with Crippen LogP contribution in [0, 0.1) is 0 Å². The fourth-order valence-corrected chi connectivity index (χ4v) is 3.95. The van der Waals surface area contributed by atoms with Gasteiger partial charge in [-0.15, -0.1) is 11.3 Å². The van der Waals surface area contributed by atoms with E-state index in [-0.39, 0.29) is 11.0 Å². The van der Waals surface area contributed by atoms with Crippen LogP contribution in [-0.4, -0.2) is 29.5 Å². The van der Waals surface area contributed by atoms with Gasteiger partial charge in [-0.3, -0.25) is 14.9 Å². The van der Waals surface area contributed by atoms with Gasteiger partial charge in [0.1, 0.15) is 6.10 Å². The number of anilines is 2. The molecule has 1 aliphatic rings. The van der Waals surface area contributed by atoms with Gasteiger partial charge in [-0.25, -0.2) is 4.98 Å². The van der Waals surface area contributed by atoms with E-state index in [9.17, 15) is 22.8 Å². The van der Waals surface area contributed by atoms with Gasteiger partial charge in [-0.05, 0) is 43.2 Å². The van der Waals surface area contributed by atoms with E-state index in [1.165, 1.54) is 18.2 Å². The summed E-state index contributed by atoms with van der Waals surface area (Å²) in [5.41, 5.74) is 0.618. The number of rotatable bonds is 5. The topological polar surface area (TPSA) is 80.3 Å². The maximum absolute atomic E-state index is 12.9. The number of nitrogens with one attached hydrogen (secondary N) is 2. The van der Waals surface area contributed by atoms with Gasteiger partial charge in [-0.1, -0.05) is 18.2 Å². The van der Waals surface area contributed by atoms with E-state index < -0.39 is 23.8 Å². The van der Waals surface area contributed by atoms with Crippen molar-refractivity contribution >= 4 is 34.0 Å². The predicted molar refractivity (Wildman–Crippen MR) is 115 cm³/mol. The second kappa shape index (κ2) is 9.09. The molecule has 1 fully saturated rings. The summed E-state index contributed by atoms with van der Waals surface area (Å²) in [6.45, 7) is 0.552. The first-order chi connectivity index (χ1) is 15.3. The minimum Gasteiger partial charge on any atom is -0.368 e. The number of nitrogens with zero attached hydrogens (tertiary/aromatic N) is 1. The third-order valence-electron chi connectivity index (χ3n) is 4.82. The Morgan fingerprint density at radius 3 is 2.66 bits per heavy atom. The molecule has 2 N–H and O–H groups in total. The molecule has 2 amide bonds. The molecule has 2 heterocycles. The molecule has 0 spiro atoms. The Morgan fingerprint density at radius 1 is 1.09 bits per heavy atom. The van der Waals surface area contributed by atoms with Crippen molar-refractivity contribution in [2.24, 2.45) is 0 Å². The fraction of sp³-hybridized carbons (Fsp3) is 0.227. The van der Waals surface area contributed by atoms with Crippen LogP contribution in [0.25, 0.3) is 11.3 Å². The second-order valence-electron chi connectivity index (χ2n) is 7.14. The van der Waals surface area contributed by atoms with Gasteiger partial charge in [-0.2, -0.15) is 13.2 Å². The highest BCUT2D eigenvalue weighted by Gasteiger charge is 2.30. The molecule has 6 nitrogen and oxygen atoms in total. The van der Waals surface area contributed by atoms with Crippen molar-refractivity contribution in [3.8, 4) is 11.3 Å². The van der Waals surface area contributed by atoms with Gasteiger partial charge in [0, 0.05) is 28.8 Å². The smallest absolute Gasteiger partial charge is 0.368 e. The summed E-state index contributed by atoms with van der Waals surface area (Å²) in [5, 5.41) is 7.19. The lowest BCUT2D eigenvalue weighted by molar-refractivity contribution is -0.137. The van der Waals surface area contributed by atoms with Crippen molar-refractivity contribution in [2.75, 3.05) is 17.2 Å². The molecular weight excluding hydrogens is 443 g/mol. The number of ether oxygens (including phenoxy) is 1. The zero-order chi connectivity index (χ0) is 22.7. The van der Waals surface area contributed by atoms with Crippen LogP contribution in [0.15, 0.2) is 53.9 Å². The van der Waals surface area contributed by atoms with Crippen molar-refractivity contribution in [2.45, 2.75) is 25.1 Å².